The van der Waals surface area contributed by atoms with E-state index < -0.39 is 0 Å². The van der Waals surface area contributed by atoms with Crippen molar-refractivity contribution in [3.8, 4) is 5.82 Å². The van der Waals surface area contributed by atoms with E-state index in [0.717, 1.165) is 22.8 Å². The predicted molar refractivity (Wildman–Crippen MR) is 54.7 cm³/mol. The lowest BCUT2D eigenvalue weighted by Crippen LogP contribution is -1.97. The van der Waals surface area contributed by atoms with Crippen molar-refractivity contribution < 1.29 is 0 Å². The zero-order valence-corrected chi connectivity index (χ0v) is 8.92. The summed E-state index contributed by atoms with van der Waals surface area (Å²) in [5.41, 5.74) is 4.47. The molecule has 0 unspecified atom stereocenters. The van der Waals surface area contributed by atoms with E-state index in [4.69, 9.17) is 0 Å². The number of aromatic amines is 1. The average Bonchev–Trinajstić information content (AvgIpc) is 2.61. The molecule has 0 fully saturated rings. The fourth-order valence-electron chi connectivity index (χ4n) is 1.35. The van der Waals surface area contributed by atoms with Crippen LogP contribution in [0.5, 0.6) is 0 Å². The van der Waals surface area contributed by atoms with Crippen LogP contribution in [-0.2, 0) is 0 Å². The number of H-pyrrole nitrogens is 1. The second kappa shape index (κ2) is 2.97. The molecule has 2 rings (SSSR count). The van der Waals surface area contributed by atoms with E-state index >= 15 is 0 Å². The first-order chi connectivity index (χ1) is 6.59. The van der Waals surface area contributed by atoms with Gasteiger partial charge >= 0.3 is 0 Å². The van der Waals surface area contributed by atoms with Crippen LogP contribution >= 0.6 is 0 Å². The molecule has 0 radical (unpaired) electrons. The molecule has 4 nitrogen and oxygen atoms in total. The highest BCUT2D eigenvalue weighted by Gasteiger charge is 2.09. The number of nitrogens with zero attached hydrogens (tertiary/aromatic N) is 3. The third-order valence-corrected chi connectivity index (χ3v) is 2.59. The Morgan fingerprint density at radius 1 is 1.21 bits per heavy atom. The summed E-state index contributed by atoms with van der Waals surface area (Å²) >= 11 is 0. The molecule has 0 atom stereocenters. The molecule has 14 heavy (non-hydrogen) atoms. The first-order valence-corrected chi connectivity index (χ1v) is 4.64. The van der Waals surface area contributed by atoms with Crippen LogP contribution in [0.15, 0.2) is 6.20 Å². The summed E-state index contributed by atoms with van der Waals surface area (Å²) in [5.74, 6) is 0.888. The fraction of sp³-hybridized carbons (Fsp3) is 0.400. The molecule has 0 aliphatic heterocycles. The molecular weight excluding hydrogens is 176 g/mol. The third-order valence-electron chi connectivity index (χ3n) is 2.59. The van der Waals surface area contributed by atoms with Crippen LogP contribution in [0.25, 0.3) is 5.82 Å². The van der Waals surface area contributed by atoms with Crippen LogP contribution in [-0.4, -0.2) is 20.0 Å². The number of rotatable bonds is 1. The van der Waals surface area contributed by atoms with E-state index in [9.17, 15) is 0 Å². The molecule has 0 saturated carbocycles. The molecule has 2 heterocycles. The first-order valence-electron chi connectivity index (χ1n) is 4.64. The molecule has 1 N–H and O–H groups in total. The van der Waals surface area contributed by atoms with Crippen molar-refractivity contribution in [3.05, 3.63) is 28.7 Å². The van der Waals surface area contributed by atoms with E-state index in [2.05, 4.69) is 15.3 Å². The summed E-state index contributed by atoms with van der Waals surface area (Å²) in [6.07, 6.45) is 2.00. The van der Waals surface area contributed by atoms with Crippen molar-refractivity contribution in [1.29, 1.82) is 0 Å². The number of aryl methyl sites for hydroxylation is 3. The second-order valence-electron chi connectivity index (χ2n) is 3.64. The van der Waals surface area contributed by atoms with E-state index in [1.165, 1.54) is 5.56 Å². The monoisotopic (exact) mass is 190 g/mol. The van der Waals surface area contributed by atoms with E-state index in [1.807, 2.05) is 38.6 Å². The summed E-state index contributed by atoms with van der Waals surface area (Å²) < 4.78 is 1.82. The Labute approximate surface area is 83.0 Å². The zero-order valence-electron chi connectivity index (χ0n) is 8.92. The molecular formula is C10H14N4. The molecule has 2 aromatic heterocycles. The lowest BCUT2D eigenvalue weighted by molar-refractivity contribution is 0.818. The quantitative estimate of drug-likeness (QED) is 0.745. The molecule has 0 spiro atoms. The summed E-state index contributed by atoms with van der Waals surface area (Å²) in [7, 11) is 0. The highest BCUT2D eigenvalue weighted by Crippen LogP contribution is 2.14. The van der Waals surface area contributed by atoms with Gasteiger partial charge in [0.1, 0.15) is 0 Å². The maximum absolute atomic E-state index is 4.39. The van der Waals surface area contributed by atoms with Gasteiger partial charge in [-0.1, -0.05) is 0 Å². The normalized spacial score (nSPS) is 10.9. The van der Waals surface area contributed by atoms with Crippen molar-refractivity contribution in [1.82, 2.24) is 20.0 Å². The number of hydrogen-bond donors (Lipinski definition) is 1. The standard InChI is InChI=1S/C10H14N4/c1-6-5-14(13-8(6)3)10-7(2)9(4)11-12-10/h5H,1-4H3,(H,11,12). The van der Waals surface area contributed by atoms with Gasteiger partial charge in [0.2, 0.25) is 0 Å². The lowest BCUT2D eigenvalue weighted by Gasteiger charge is -1.96. The van der Waals surface area contributed by atoms with E-state index in [1.54, 1.807) is 0 Å². The van der Waals surface area contributed by atoms with Gasteiger partial charge in [0.25, 0.3) is 0 Å². The van der Waals surface area contributed by atoms with Crippen molar-refractivity contribution in [2.45, 2.75) is 27.7 Å². The lowest BCUT2D eigenvalue weighted by atomic mass is 10.3. The van der Waals surface area contributed by atoms with Crippen LogP contribution in [0.4, 0.5) is 0 Å². The van der Waals surface area contributed by atoms with Gasteiger partial charge < -0.3 is 0 Å². The molecule has 0 aromatic carbocycles. The van der Waals surface area contributed by atoms with Crippen LogP contribution in [0.2, 0.25) is 0 Å². The van der Waals surface area contributed by atoms with Gasteiger partial charge in [-0.3, -0.25) is 5.10 Å². The smallest absolute Gasteiger partial charge is 0.177 e. The minimum Gasteiger partial charge on any atom is -0.280 e. The predicted octanol–water partition coefficient (Wildman–Crippen LogP) is 1.83. The van der Waals surface area contributed by atoms with Crippen molar-refractivity contribution in [2.75, 3.05) is 0 Å². The molecule has 0 aliphatic rings. The van der Waals surface area contributed by atoms with Crippen LogP contribution in [0.1, 0.15) is 22.5 Å². The van der Waals surface area contributed by atoms with E-state index in [-0.39, 0.29) is 0 Å². The minimum absolute atomic E-state index is 0.888. The molecule has 2 aromatic rings. The molecule has 0 amide bonds. The first kappa shape index (κ1) is 8.99. The van der Waals surface area contributed by atoms with Gasteiger partial charge in [0, 0.05) is 17.5 Å². The summed E-state index contributed by atoms with van der Waals surface area (Å²) in [4.78, 5) is 0. The highest BCUT2D eigenvalue weighted by molar-refractivity contribution is 5.35. The Morgan fingerprint density at radius 2 is 1.93 bits per heavy atom. The summed E-state index contributed by atoms with van der Waals surface area (Å²) in [6, 6.07) is 0. The topological polar surface area (TPSA) is 46.5 Å². The van der Waals surface area contributed by atoms with Gasteiger partial charge in [-0.2, -0.15) is 10.2 Å². The fourth-order valence-corrected chi connectivity index (χ4v) is 1.35. The summed E-state index contributed by atoms with van der Waals surface area (Å²) in [5, 5.41) is 11.6. The number of nitrogens with one attached hydrogen (secondary N) is 1. The van der Waals surface area contributed by atoms with Crippen molar-refractivity contribution >= 4 is 0 Å². The molecule has 0 bridgehead atoms. The number of hydrogen-bond acceptors (Lipinski definition) is 2. The van der Waals surface area contributed by atoms with Gasteiger partial charge in [-0.15, -0.1) is 0 Å². The van der Waals surface area contributed by atoms with E-state index in [0.29, 0.717) is 0 Å². The van der Waals surface area contributed by atoms with Gasteiger partial charge in [-0.25, -0.2) is 4.68 Å². The Balaban J connectivity index is 2.54. The average molecular weight is 190 g/mol. The minimum atomic E-state index is 0.888. The maximum atomic E-state index is 4.39. The molecule has 4 heteroatoms. The summed E-state index contributed by atoms with van der Waals surface area (Å²) in [6.45, 7) is 8.10. The van der Waals surface area contributed by atoms with Crippen LogP contribution < -0.4 is 0 Å². The third kappa shape index (κ3) is 1.23. The zero-order chi connectivity index (χ0) is 10.3. The Kier molecular flexibility index (Phi) is 1.91. The van der Waals surface area contributed by atoms with Gasteiger partial charge in [0.15, 0.2) is 5.82 Å². The van der Waals surface area contributed by atoms with Crippen LogP contribution in [0.3, 0.4) is 0 Å². The van der Waals surface area contributed by atoms with Crippen molar-refractivity contribution in [3.63, 3.8) is 0 Å². The maximum Gasteiger partial charge on any atom is 0.177 e. The van der Waals surface area contributed by atoms with Gasteiger partial charge in [0.05, 0.1) is 5.69 Å². The molecule has 0 aliphatic carbocycles. The Morgan fingerprint density at radius 3 is 2.36 bits per heavy atom. The molecule has 74 valence electrons. The largest absolute Gasteiger partial charge is 0.280 e. The van der Waals surface area contributed by atoms with Crippen molar-refractivity contribution in [2.24, 2.45) is 0 Å². The Bertz CT molecular complexity index is 445. The second-order valence-corrected chi connectivity index (χ2v) is 3.64. The highest BCUT2D eigenvalue weighted by atomic mass is 15.3. The van der Waals surface area contributed by atoms with Gasteiger partial charge in [-0.05, 0) is 33.3 Å². The molecule has 0 saturated heterocycles. The number of aromatic nitrogens is 4. The Hall–Kier alpha value is -1.58. The van der Waals surface area contributed by atoms with Crippen LogP contribution in [0, 0.1) is 27.7 Å². The SMILES string of the molecule is Cc1cn(-c2n[nH]c(C)c2C)nc1C.